The van der Waals surface area contributed by atoms with Gasteiger partial charge in [0.2, 0.25) is 0 Å². The zero-order chi connectivity index (χ0) is 17.1. The monoisotopic (exact) mass is 319 g/mol. The molecule has 0 aliphatic carbocycles. The highest BCUT2D eigenvalue weighted by molar-refractivity contribution is 6.00. The fourth-order valence-electron chi connectivity index (χ4n) is 2.24. The van der Waals surface area contributed by atoms with Crippen LogP contribution in [0.25, 0.3) is 10.9 Å². The van der Waals surface area contributed by atoms with Gasteiger partial charge >= 0.3 is 5.97 Å². The molecule has 0 saturated heterocycles. The van der Waals surface area contributed by atoms with Crippen molar-refractivity contribution in [3.8, 4) is 17.2 Å². The number of esters is 1. The van der Waals surface area contributed by atoms with E-state index in [0.717, 1.165) is 0 Å². The van der Waals surface area contributed by atoms with Crippen molar-refractivity contribution < 1.29 is 24.1 Å². The standard InChI is InChI=1S/C16H17NO6/c1-5-6-23-16(20)13-14(18)9-7-11(21-3)12(22-4)8-10(9)17(2)15(13)19/h5,7-8,18H,1,6H2,2-4H3. The summed E-state index contributed by atoms with van der Waals surface area (Å²) in [6.45, 7) is 3.36. The Hall–Kier alpha value is -2.96. The summed E-state index contributed by atoms with van der Waals surface area (Å²) in [4.78, 5) is 24.4. The topological polar surface area (TPSA) is 87.0 Å². The van der Waals surface area contributed by atoms with Crippen LogP contribution in [0.5, 0.6) is 17.2 Å². The van der Waals surface area contributed by atoms with E-state index in [-0.39, 0.29) is 12.0 Å². The molecule has 0 aliphatic rings. The molecule has 23 heavy (non-hydrogen) atoms. The Balaban J connectivity index is 2.80. The largest absolute Gasteiger partial charge is 0.506 e. The summed E-state index contributed by atoms with van der Waals surface area (Å²) >= 11 is 0. The van der Waals surface area contributed by atoms with E-state index in [9.17, 15) is 14.7 Å². The number of nitrogens with zero attached hydrogens (tertiary/aromatic N) is 1. The molecule has 122 valence electrons. The van der Waals surface area contributed by atoms with Gasteiger partial charge in [0.25, 0.3) is 5.56 Å². The molecule has 1 aromatic heterocycles. The number of methoxy groups -OCH3 is 2. The van der Waals surface area contributed by atoms with Crippen molar-refractivity contribution in [3.63, 3.8) is 0 Å². The van der Waals surface area contributed by atoms with Gasteiger partial charge in [-0.2, -0.15) is 0 Å². The number of carbonyl (C=O) groups is 1. The van der Waals surface area contributed by atoms with E-state index in [2.05, 4.69) is 6.58 Å². The van der Waals surface area contributed by atoms with Gasteiger partial charge in [-0.25, -0.2) is 4.79 Å². The molecule has 2 rings (SSSR count). The number of rotatable bonds is 5. The maximum atomic E-state index is 12.4. The zero-order valence-corrected chi connectivity index (χ0v) is 13.1. The number of ether oxygens (including phenoxy) is 3. The summed E-state index contributed by atoms with van der Waals surface area (Å²) in [5.41, 5.74) is -0.712. The van der Waals surface area contributed by atoms with Gasteiger partial charge in [0.1, 0.15) is 12.4 Å². The molecule has 0 spiro atoms. The van der Waals surface area contributed by atoms with Crippen LogP contribution in [0.15, 0.2) is 29.6 Å². The molecule has 0 saturated carbocycles. The molecule has 0 aliphatic heterocycles. The first-order chi connectivity index (χ1) is 11.0. The first-order valence-electron chi connectivity index (χ1n) is 6.72. The Bertz CT molecular complexity index is 837. The van der Waals surface area contributed by atoms with Crippen LogP contribution < -0.4 is 15.0 Å². The summed E-state index contributed by atoms with van der Waals surface area (Å²) in [5, 5.41) is 10.6. The number of fused-ring (bicyclic) bond motifs is 1. The lowest BCUT2D eigenvalue weighted by Crippen LogP contribution is -2.26. The van der Waals surface area contributed by atoms with Gasteiger partial charge in [-0.3, -0.25) is 4.79 Å². The Kier molecular flexibility index (Phi) is 4.59. The fraction of sp³-hybridized carbons (Fsp3) is 0.250. The lowest BCUT2D eigenvalue weighted by atomic mass is 10.1. The molecule has 0 bridgehead atoms. The van der Waals surface area contributed by atoms with Crippen molar-refractivity contribution in [1.29, 1.82) is 0 Å². The summed E-state index contributed by atoms with van der Waals surface area (Å²) in [7, 11) is 4.39. The van der Waals surface area contributed by atoms with Crippen LogP contribution >= 0.6 is 0 Å². The second kappa shape index (κ2) is 6.43. The lowest BCUT2D eigenvalue weighted by molar-refractivity contribution is 0.0544. The molecule has 7 nitrogen and oxygen atoms in total. The van der Waals surface area contributed by atoms with Crippen LogP contribution in [0.3, 0.4) is 0 Å². The molecule has 0 atom stereocenters. The van der Waals surface area contributed by atoms with Crippen LogP contribution in [-0.4, -0.2) is 36.5 Å². The molecule has 7 heteroatoms. The van der Waals surface area contributed by atoms with Gasteiger partial charge in [0.15, 0.2) is 17.1 Å². The van der Waals surface area contributed by atoms with Gasteiger partial charge in [0, 0.05) is 18.5 Å². The van der Waals surface area contributed by atoms with E-state index >= 15 is 0 Å². The van der Waals surface area contributed by atoms with E-state index < -0.39 is 22.8 Å². The van der Waals surface area contributed by atoms with Crippen LogP contribution in [-0.2, 0) is 11.8 Å². The number of aromatic hydroxyl groups is 1. The van der Waals surface area contributed by atoms with Gasteiger partial charge in [0.05, 0.1) is 19.7 Å². The quantitative estimate of drug-likeness (QED) is 0.665. The maximum absolute atomic E-state index is 12.4. The van der Waals surface area contributed by atoms with Crippen molar-refractivity contribution in [2.75, 3.05) is 20.8 Å². The number of benzene rings is 1. The molecule has 1 N–H and O–H groups in total. The summed E-state index contributed by atoms with van der Waals surface area (Å²) in [5.74, 6) is -0.617. The van der Waals surface area contributed by atoms with Gasteiger partial charge < -0.3 is 23.9 Å². The maximum Gasteiger partial charge on any atom is 0.347 e. The Morgan fingerprint density at radius 2 is 1.91 bits per heavy atom. The van der Waals surface area contributed by atoms with Crippen LogP contribution in [0, 0.1) is 0 Å². The molecule has 0 radical (unpaired) electrons. The van der Waals surface area contributed by atoms with Crippen molar-refractivity contribution in [2.45, 2.75) is 0 Å². The normalized spacial score (nSPS) is 10.4. The van der Waals surface area contributed by atoms with E-state index in [1.54, 1.807) is 6.07 Å². The van der Waals surface area contributed by atoms with E-state index in [1.807, 2.05) is 0 Å². The minimum Gasteiger partial charge on any atom is -0.506 e. The van der Waals surface area contributed by atoms with E-state index in [0.29, 0.717) is 17.0 Å². The first-order valence-corrected chi connectivity index (χ1v) is 6.72. The summed E-state index contributed by atoms with van der Waals surface area (Å²) in [6, 6.07) is 3.04. The highest BCUT2D eigenvalue weighted by Crippen LogP contribution is 2.36. The zero-order valence-electron chi connectivity index (χ0n) is 13.1. The van der Waals surface area contributed by atoms with E-state index in [1.165, 1.54) is 38.0 Å². The third kappa shape index (κ3) is 2.73. The molecule has 1 heterocycles. The predicted molar refractivity (Wildman–Crippen MR) is 84.4 cm³/mol. The van der Waals surface area contributed by atoms with Crippen molar-refractivity contribution >= 4 is 16.9 Å². The second-order valence-electron chi connectivity index (χ2n) is 4.70. The number of aromatic nitrogens is 1. The number of hydrogen-bond acceptors (Lipinski definition) is 6. The second-order valence-corrected chi connectivity index (χ2v) is 4.70. The third-order valence-electron chi connectivity index (χ3n) is 3.41. The number of hydrogen-bond donors (Lipinski definition) is 1. The molecular formula is C16H17NO6. The Labute approximate surface area is 132 Å². The van der Waals surface area contributed by atoms with Crippen molar-refractivity contribution in [2.24, 2.45) is 7.05 Å². The molecule has 0 amide bonds. The molecule has 0 unspecified atom stereocenters. The third-order valence-corrected chi connectivity index (χ3v) is 3.41. The van der Waals surface area contributed by atoms with Crippen LogP contribution in [0.2, 0.25) is 0 Å². The molecule has 0 fully saturated rings. The molecule has 2 aromatic rings. The minimum atomic E-state index is -0.917. The lowest BCUT2D eigenvalue weighted by Gasteiger charge is -2.14. The first kappa shape index (κ1) is 16.4. The average molecular weight is 319 g/mol. The highest BCUT2D eigenvalue weighted by Gasteiger charge is 2.23. The van der Waals surface area contributed by atoms with Crippen LogP contribution in [0.1, 0.15) is 10.4 Å². The van der Waals surface area contributed by atoms with Crippen molar-refractivity contribution in [1.82, 2.24) is 4.57 Å². The van der Waals surface area contributed by atoms with Crippen molar-refractivity contribution in [3.05, 3.63) is 40.7 Å². The number of aryl methyl sites for hydroxylation is 1. The Morgan fingerprint density at radius 1 is 1.30 bits per heavy atom. The molecule has 1 aromatic carbocycles. The average Bonchev–Trinajstić information content (AvgIpc) is 2.56. The van der Waals surface area contributed by atoms with Gasteiger partial charge in [-0.15, -0.1) is 0 Å². The number of pyridine rings is 1. The molecular weight excluding hydrogens is 302 g/mol. The Morgan fingerprint density at radius 3 is 2.48 bits per heavy atom. The SMILES string of the molecule is C=CCOC(=O)c1c(O)c2cc(OC)c(OC)cc2n(C)c1=O. The van der Waals surface area contributed by atoms with E-state index in [4.69, 9.17) is 14.2 Å². The predicted octanol–water partition coefficient (Wildman–Crippen LogP) is 1.60. The fourth-order valence-corrected chi connectivity index (χ4v) is 2.24. The number of carbonyl (C=O) groups excluding carboxylic acids is 1. The summed E-state index contributed by atoms with van der Waals surface area (Å²) < 4.78 is 16.5. The highest BCUT2D eigenvalue weighted by atomic mass is 16.5. The minimum absolute atomic E-state index is 0.0641. The van der Waals surface area contributed by atoms with Gasteiger partial charge in [-0.1, -0.05) is 12.7 Å². The summed E-state index contributed by atoms with van der Waals surface area (Å²) in [6.07, 6.45) is 1.37. The van der Waals surface area contributed by atoms with Gasteiger partial charge in [-0.05, 0) is 6.07 Å². The smallest absolute Gasteiger partial charge is 0.347 e. The van der Waals surface area contributed by atoms with Crippen LogP contribution in [0.4, 0.5) is 0 Å².